The molecule has 2 amide bonds. The maximum Gasteiger partial charge on any atom is 0.241 e. The molecule has 0 aromatic rings. The Balaban J connectivity index is 2.62. The summed E-state index contributed by atoms with van der Waals surface area (Å²) in [5.41, 5.74) is 5.39. The second-order valence-electron chi connectivity index (χ2n) is 3.70. The number of carbonyl (C=O) groups excluding carboxylic acids is 2. The third-order valence-electron chi connectivity index (χ3n) is 2.57. The van der Waals surface area contributed by atoms with Crippen molar-refractivity contribution in [2.75, 3.05) is 26.7 Å². The molecule has 0 aliphatic carbocycles. The third kappa shape index (κ3) is 2.65. The Hall–Kier alpha value is -1.17. The summed E-state index contributed by atoms with van der Waals surface area (Å²) in [6.45, 7) is 2.90. The number of nitrogens with two attached hydrogens (primary N) is 1. The van der Waals surface area contributed by atoms with Gasteiger partial charge in [0, 0.05) is 20.1 Å². The average Bonchev–Trinajstić information content (AvgIpc) is 2.19. The minimum absolute atomic E-state index is 0.0512. The normalized spacial score (nSPS) is 18.9. The summed E-state index contributed by atoms with van der Waals surface area (Å²) in [6.07, 6.45) is 0. The van der Waals surface area contributed by atoms with E-state index in [-0.39, 0.29) is 23.3 Å². The summed E-state index contributed by atoms with van der Waals surface area (Å²) in [4.78, 5) is 26.4. The highest BCUT2D eigenvalue weighted by atomic mass is 32.1. The van der Waals surface area contributed by atoms with Crippen LogP contribution in [0.3, 0.4) is 0 Å². The lowest BCUT2D eigenvalue weighted by Gasteiger charge is -2.33. The Kier molecular flexibility index (Phi) is 3.62. The molecule has 1 aliphatic heterocycles. The zero-order valence-corrected chi connectivity index (χ0v) is 9.71. The number of rotatable bonds is 2. The van der Waals surface area contributed by atoms with E-state index in [0.29, 0.717) is 13.1 Å². The summed E-state index contributed by atoms with van der Waals surface area (Å²) in [6, 6.07) is 0. The van der Waals surface area contributed by atoms with Crippen molar-refractivity contribution in [2.45, 2.75) is 6.92 Å². The number of hydrogen-bond donors (Lipinski definition) is 1. The first-order chi connectivity index (χ1) is 6.93. The predicted octanol–water partition coefficient (Wildman–Crippen LogP) is -0.791. The molecular formula is C9H15N3O2S. The SMILES string of the molecule is CC(C(=O)N1CCN(C)C(=O)C1)C(N)=S. The van der Waals surface area contributed by atoms with Gasteiger partial charge < -0.3 is 15.5 Å². The molecule has 2 N–H and O–H groups in total. The van der Waals surface area contributed by atoms with Crippen molar-refractivity contribution in [2.24, 2.45) is 11.7 Å². The van der Waals surface area contributed by atoms with Crippen LogP contribution in [0.5, 0.6) is 0 Å². The molecule has 0 radical (unpaired) electrons. The molecule has 0 aromatic heterocycles. The van der Waals surface area contributed by atoms with Crippen molar-refractivity contribution in [1.29, 1.82) is 0 Å². The van der Waals surface area contributed by atoms with Gasteiger partial charge in [-0.25, -0.2) is 0 Å². The third-order valence-corrected chi connectivity index (χ3v) is 2.92. The molecule has 1 aliphatic rings. The molecule has 1 fully saturated rings. The molecule has 0 spiro atoms. The van der Waals surface area contributed by atoms with Crippen molar-refractivity contribution >= 4 is 29.0 Å². The summed E-state index contributed by atoms with van der Waals surface area (Å²) in [5, 5.41) is 0. The first-order valence-electron chi connectivity index (χ1n) is 4.75. The minimum Gasteiger partial charge on any atom is -0.393 e. The van der Waals surface area contributed by atoms with Gasteiger partial charge in [0.1, 0.15) is 0 Å². The van der Waals surface area contributed by atoms with Gasteiger partial charge in [-0.05, 0) is 6.92 Å². The Morgan fingerprint density at radius 1 is 1.53 bits per heavy atom. The van der Waals surface area contributed by atoms with Gasteiger partial charge in [-0.3, -0.25) is 9.59 Å². The molecule has 0 aromatic carbocycles. The van der Waals surface area contributed by atoms with Crippen molar-refractivity contribution in [3.8, 4) is 0 Å². The molecule has 84 valence electrons. The second kappa shape index (κ2) is 4.57. The highest BCUT2D eigenvalue weighted by Gasteiger charge is 2.28. The monoisotopic (exact) mass is 229 g/mol. The number of nitrogens with zero attached hydrogens (tertiary/aromatic N) is 2. The number of likely N-dealkylation sites (N-methyl/N-ethyl adjacent to an activating group) is 1. The summed E-state index contributed by atoms with van der Waals surface area (Å²) in [5.74, 6) is -0.704. The quantitative estimate of drug-likeness (QED) is 0.630. The molecule has 0 saturated carbocycles. The summed E-state index contributed by atoms with van der Waals surface area (Å²) in [7, 11) is 1.72. The van der Waals surface area contributed by atoms with Gasteiger partial charge in [0.15, 0.2) is 0 Å². The van der Waals surface area contributed by atoms with Gasteiger partial charge in [0.2, 0.25) is 11.8 Å². The van der Waals surface area contributed by atoms with E-state index in [1.807, 2.05) is 0 Å². The van der Waals surface area contributed by atoms with Gasteiger partial charge in [-0.15, -0.1) is 0 Å². The smallest absolute Gasteiger partial charge is 0.241 e. The van der Waals surface area contributed by atoms with E-state index in [1.165, 1.54) is 4.90 Å². The molecular weight excluding hydrogens is 214 g/mol. The van der Waals surface area contributed by atoms with E-state index in [0.717, 1.165) is 0 Å². The lowest BCUT2D eigenvalue weighted by atomic mass is 10.1. The van der Waals surface area contributed by atoms with Gasteiger partial charge in [0.25, 0.3) is 0 Å². The summed E-state index contributed by atoms with van der Waals surface area (Å²) < 4.78 is 0. The predicted molar refractivity (Wildman–Crippen MR) is 60.2 cm³/mol. The second-order valence-corrected chi connectivity index (χ2v) is 4.17. The number of amides is 2. The fourth-order valence-corrected chi connectivity index (χ4v) is 1.44. The fraction of sp³-hybridized carbons (Fsp3) is 0.667. The highest BCUT2D eigenvalue weighted by Crippen LogP contribution is 2.07. The largest absolute Gasteiger partial charge is 0.393 e. The molecule has 0 bridgehead atoms. The van der Waals surface area contributed by atoms with Crippen LogP contribution in [0, 0.1) is 5.92 Å². The highest BCUT2D eigenvalue weighted by molar-refractivity contribution is 7.80. The first-order valence-corrected chi connectivity index (χ1v) is 5.16. The van der Waals surface area contributed by atoms with Crippen LogP contribution in [0.4, 0.5) is 0 Å². The van der Waals surface area contributed by atoms with Gasteiger partial charge >= 0.3 is 0 Å². The maximum atomic E-state index is 11.8. The number of thiocarbonyl (C=S) groups is 1. The zero-order valence-electron chi connectivity index (χ0n) is 8.90. The number of carbonyl (C=O) groups is 2. The molecule has 1 heterocycles. The molecule has 6 heteroatoms. The molecule has 1 rings (SSSR count). The van der Waals surface area contributed by atoms with E-state index in [2.05, 4.69) is 0 Å². The van der Waals surface area contributed by atoms with Crippen molar-refractivity contribution in [3.63, 3.8) is 0 Å². The van der Waals surface area contributed by atoms with Gasteiger partial charge in [0.05, 0.1) is 17.5 Å². The molecule has 1 unspecified atom stereocenters. The van der Waals surface area contributed by atoms with Crippen LogP contribution in [0.25, 0.3) is 0 Å². The fourth-order valence-electron chi connectivity index (χ4n) is 1.34. The van der Waals surface area contributed by atoms with Crippen LogP contribution in [-0.2, 0) is 9.59 Å². The number of hydrogen-bond acceptors (Lipinski definition) is 3. The molecule has 1 atom stereocenters. The Morgan fingerprint density at radius 3 is 2.60 bits per heavy atom. The lowest BCUT2D eigenvalue weighted by Crippen LogP contribution is -2.53. The van der Waals surface area contributed by atoms with E-state index in [9.17, 15) is 9.59 Å². The van der Waals surface area contributed by atoms with E-state index in [1.54, 1.807) is 18.9 Å². The maximum absolute atomic E-state index is 11.8. The van der Waals surface area contributed by atoms with Crippen LogP contribution < -0.4 is 5.73 Å². The van der Waals surface area contributed by atoms with E-state index in [4.69, 9.17) is 18.0 Å². The molecule has 15 heavy (non-hydrogen) atoms. The van der Waals surface area contributed by atoms with Crippen LogP contribution in [0.2, 0.25) is 0 Å². The Bertz CT molecular complexity index is 306. The van der Waals surface area contributed by atoms with Crippen LogP contribution in [-0.4, -0.2) is 53.3 Å². The summed E-state index contributed by atoms with van der Waals surface area (Å²) >= 11 is 4.75. The van der Waals surface area contributed by atoms with E-state index >= 15 is 0 Å². The molecule has 1 saturated heterocycles. The van der Waals surface area contributed by atoms with Crippen LogP contribution in [0.1, 0.15) is 6.92 Å². The standard InChI is InChI=1S/C9H15N3O2S/c1-6(8(10)15)9(14)12-4-3-11(2)7(13)5-12/h6H,3-5H2,1-2H3,(H2,10,15). The Morgan fingerprint density at radius 2 is 2.13 bits per heavy atom. The van der Waals surface area contributed by atoms with Crippen LogP contribution in [0.15, 0.2) is 0 Å². The number of piperazine rings is 1. The van der Waals surface area contributed by atoms with Gasteiger partial charge in [-0.2, -0.15) is 0 Å². The topological polar surface area (TPSA) is 66.6 Å². The van der Waals surface area contributed by atoms with Gasteiger partial charge in [-0.1, -0.05) is 12.2 Å². The molecule has 5 nitrogen and oxygen atoms in total. The Labute approximate surface area is 94.2 Å². The van der Waals surface area contributed by atoms with Crippen molar-refractivity contribution in [1.82, 2.24) is 9.80 Å². The van der Waals surface area contributed by atoms with Crippen LogP contribution >= 0.6 is 12.2 Å². The first kappa shape index (κ1) is 11.9. The van der Waals surface area contributed by atoms with E-state index < -0.39 is 5.92 Å². The van der Waals surface area contributed by atoms with Crippen molar-refractivity contribution in [3.05, 3.63) is 0 Å². The minimum atomic E-state index is -0.490. The van der Waals surface area contributed by atoms with Crippen molar-refractivity contribution < 1.29 is 9.59 Å². The zero-order chi connectivity index (χ0) is 11.6. The average molecular weight is 229 g/mol. The lowest BCUT2D eigenvalue weighted by molar-refractivity contribution is -0.145.